The lowest BCUT2D eigenvalue weighted by Gasteiger charge is -2.43. The molecule has 1 aliphatic heterocycles. The van der Waals surface area contributed by atoms with Crippen LogP contribution in [0, 0.1) is 11.8 Å². The van der Waals surface area contributed by atoms with Crippen molar-refractivity contribution in [1.29, 1.82) is 0 Å². The summed E-state index contributed by atoms with van der Waals surface area (Å²) in [6, 6.07) is -1.18. The van der Waals surface area contributed by atoms with Crippen LogP contribution >= 0.6 is 0 Å². The molecular formula is C15H26N2O4. The number of nitrogens with one attached hydrogen (secondary N) is 1. The number of nitrogens with zero attached hydrogens (tertiary/aromatic N) is 1. The zero-order valence-electron chi connectivity index (χ0n) is 13.6. The summed E-state index contributed by atoms with van der Waals surface area (Å²) in [4.78, 5) is 37.3. The number of hydrogen-bond acceptors (Lipinski definition) is 3. The summed E-state index contributed by atoms with van der Waals surface area (Å²) in [7, 11) is 0. The lowest BCUT2D eigenvalue weighted by Crippen LogP contribution is -2.60. The summed E-state index contributed by atoms with van der Waals surface area (Å²) in [5.41, 5.74) is -0.396. The fourth-order valence-electron chi connectivity index (χ4n) is 3.00. The third-order valence-corrected chi connectivity index (χ3v) is 3.94. The smallest absolute Gasteiger partial charge is 0.308 e. The Bertz CT molecular complexity index is 441. The van der Waals surface area contributed by atoms with Gasteiger partial charge in [-0.05, 0) is 40.5 Å². The second-order valence-electron chi connectivity index (χ2n) is 7.00. The predicted octanol–water partition coefficient (Wildman–Crippen LogP) is 1.25. The number of likely N-dealkylation sites (tertiary alicyclic amines) is 1. The molecule has 0 aromatic carbocycles. The van der Waals surface area contributed by atoms with Crippen LogP contribution in [0.15, 0.2) is 0 Å². The van der Waals surface area contributed by atoms with E-state index >= 15 is 0 Å². The van der Waals surface area contributed by atoms with Crippen molar-refractivity contribution < 1.29 is 19.5 Å². The number of hydrogen-bond donors (Lipinski definition) is 2. The van der Waals surface area contributed by atoms with Gasteiger partial charge >= 0.3 is 5.97 Å². The maximum absolute atomic E-state index is 12.3. The lowest BCUT2D eigenvalue weighted by molar-refractivity contribution is -0.159. The first-order valence-corrected chi connectivity index (χ1v) is 7.31. The van der Waals surface area contributed by atoms with Crippen molar-refractivity contribution in [2.45, 2.75) is 65.6 Å². The van der Waals surface area contributed by atoms with Gasteiger partial charge in [0.25, 0.3) is 0 Å². The largest absolute Gasteiger partial charge is 0.481 e. The maximum Gasteiger partial charge on any atom is 0.308 e. The Morgan fingerprint density at radius 2 is 1.86 bits per heavy atom. The summed E-state index contributed by atoms with van der Waals surface area (Å²) in [6.45, 7) is 10.7. The Labute approximate surface area is 125 Å². The van der Waals surface area contributed by atoms with Gasteiger partial charge in [0.1, 0.15) is 6.04 Å². The summed E-state index contributed by atoms with van der Waals surface area (Å²) >= 11 is 0. The third kappa shape index (κ3) is 3.95. The average molecular weight is 298 g/mol. The summed E-state index contributed by atoms with van der Waals surface area (Å²) < 4.78 is 0. The number of carbonyl (C=O) groups excluding carboxylic acids is 2. The molecule has 0 aromatic rings. The van der Waals surface area contributed by atoms with Crippen molar-refractivity contribution in [3.63, 3.8) is 0 Å². The van der Waals surface area contributed by atoms with Gasteiger partial charge in [0.2, 0.25) is 11.8 Å². The van der Waals surface area contributed by atoms with E-state index in [1.54, 1.807) is 20.8 Å². The molecule has 1 saturated heterocycles. The monoisotopic (exact) mass is 298 g/mol. The van der Waals surface area contributed by atoms with Crippen LogP contribution in [0.25, 0.3) is 0 Å². The zero-order valence-corrected chi connectivity index (χ0v) is 13.6. The molecule has 1 fully saturated rings. The second-order valence-corrected chi connectivity index (χ2v) is 7.00. The van der Waals surface area contributed by atoms with Crippen LogP contribution in [0.3, 0.4) is 0 Å². The standard InChI is InChI=1S/C15H26N2O4/c1-8-7-11(18)17(9(2)12(8)14(20)21)10(3)13(19)16-15(4,5)6/h8-10,12H,7H2,1-6H3,(H,16,19)(H,20,21). The molecule has 21 heavy (non-hydrogen) atoms. The highest BCUT2D eigenvalue weighted by Crippen LogP contribution is 2.31. The number of carboxylic acid groups (broad SMARTS) is 1. The minimum absolute atomic E-state index is 0.161. The quantitative estimate of drug-likeness (QED) is 0.821. The van der Waals surface area contributed by atoms with E-state index in [1.165, 1.54) is 4.90 Å². The van der Waals surface area contributed by atoms with Crippen molar-refractivity contribution >= 4 is 17.8 Å². The molecule has 0 aliphatic carbocycles. The molecule has 1 heterocycles. The van der Waals surface area contributed by atoms with E-state index in [0.717, 1.165) is 0 Å². The van der Waals surface area contributed by atoms with Crippen molar-refractivity contribution in [2.24, 2.45) is 11.8 Å². The Balaban J connectivity index is 2.96. The van der Waals surface area contributed by atoms with Crippen LogP contribution in [0.4, 0.5) is 0 Å². The SMILES string of the molecule is CC1CC(=O)N(C(C)C(=O)NC(C)(C)C)C(C)C1C(=O)O. The molecule has 0 bridgehead atoms. The number of piperidine rings is 1. The van der Waals surface area contributed by atoms with Gasteiger partial charge in [0.15, 0.2) is 0 Å². The number of amides is 2. The highest BCUT2D eigenvalue weighted by molar-refractivity contribution is 5.89. The summed E-state index contributed by atoms with van der Waals surface area (Å²) in [6.07, 6.45) is 0.161. The molecule has 120 valence electrons. The van der Waals surface area contributed by atoms with Gasteiger partial charge < -0.3 is 15.3 Å². The van der Waals surface area contributed by atoms with Crippen LogP contribution < -0.4 is 5.32 Å². The molecule has 0 spiro atoms. The second kappa shape index (κ2) is 6.03. The third-order valence-electron chi connectivity index (χ3n) is 3.94. The van der Waals surface area contributed by atoms with E-state index in [-0.39, 0.29) is 24.2 Å². The van der Waals surface area contributed by atoms with Gasteiger partial charge in [-0.1, -0.05) is 6.92 Å². The molecule has 1 aliphatic rings. The molecule has 4 atom stereocenters. The number of rotatable bonds is 3. The molecule has 1 rings (SSSR count). The van der Waals surface area contributed by atoms with E-state index in [0.29, 0.717) is 0 Å². The Morgan fingerprint density at radius 1 is 1.33 bits per heavy atom. The lowest BCUT2D eigenvalue weighted by atomic mass is 9.80. The van der Waals surface area contributed by atoms with Crippen LogP contribution in [0.5, 0.6) is 0 Å². The Morgan fingerprint density at radius 3 is 2.29 bits per heavy atom. The molecule has 6 nitrogen and oxygen atoms in total. The molecule has 4 unspecified atom stereocenters. The molecule has 0 aromatic heterocycles. The molecule has 0 saturated carbocycles. The van der Waals surface area contributed by atoms with Crippen LogP contribution in [0.1, 0.15) is 48.0 Å². The van der Waals surface area contributed by atoms with E-state index in [9.17, 15) is 19.5 Å². The molecule has 2 N–H and O–H groups in total. The predicted molar refractivity (Wildman–Crippen MR) is 78.6 cm³/mol. The van der Waals surface area contributed by atoms with Gasteiger partial charge in [0, 0.05) is 18.0 Å². The summed E-state index contributed by atoms with van der Waals surface area (Å²) in [5.74, 6) is -2.21. The number of carboxylic acids is 1. The van der Waals surface area contributed by atoms with E-state index in [4.69, 9.17) is 0 Å². The highest BCUT2D eigenvalue weighted by atomic mass is 16.4. The van der Waals surface area contributed by atoms with Crippen molar-refractivity contribution in [3.05, 3.63) is 0 Å². The fraction of sp³-hybridized carbons (Fsp3) is 0.800. The van der Waals surface area contributed by atoms with Crippen LogP contribution in [-0.2, 0) is 14.4 Å². The Hall–Kier alpha value is -1.59. The van der Waals surface area contributed by atoms with Crippen molar-refractivity contribution in [3.8, 4) is 0 Å². The first-order chi connectivity index (χ1) is 9.45. The topological polar surface area (TPSA) is 86.7 Å². The number of carbonyl (C=O) groups is 3. The number of aliphatic carboxylic acids is 1. The van der Waals surface area contributed by atoms with Crippen LogP contribution in [0.2, 0.25) is 0 Å². The Kier molecular flexibility index (Phi) is 5.02. The minimum Gasteiger partial charge on any atom is -0.481 e. The highest BCUT2D eigenvalue weighted by Gasteiger charge is 2.44. The molecule has 2 amide bonds. The van der Waals surface area contributed by atoms with Crippen molar-refractivity contribution in [2.75, 3.05) is 0 Å². The normalized spacial score (nSPS) is 28.2. The minimum atomic E-state index is -0.920. The van der Waals surface area contributed by atoms with Gasteiger partial charge in [-0.25, -0.2) is 0 Å². The average Bonchev–Trinajstić information content (AvgIpc) is 2.24. The first-order valence-electron chi connectivity index (χ1n) is 7.31. The van der Waals surface area contributed by atoms with Gasteiger partial charge in [-0.3, -0.25) is 14.4 Å². The molecule has 0 radical (unpaired) electrons. The van der Waals surface area contributed by atoms with Crippen LogP contribution in [-0.4, -0.2) is 45.4 Å². The van der Waals surface area contributed by atoms with Gasteiger partial charge in [0.05, 0.1) is 5.92 Å². The zero-order chi connectivity index (χ0) is 16.5. The maximum atomic E-state index is 12.3. The van der Waals surface area contributed by atoms with E-state index in [1.807, 2.05) is 20.8 Å². The van der Waals surface area contributed by atoms with Crippen molar-refractivity contribution in [1.82, 2.24) is 10.2 Å². The van der Waals surface area contributed by atoms with Gasteiger partial charge in [-0.15, -0.1) is 0 Å². The first kappa shape index (κ1) is 17.5. The molecular weight excluding hydrogens is 272 g/mol. The van der Waals surface area contributed by atoms with E-state index in [2.05, 4.69) is 5.32 Å². The molecule has 6 heteroatoms. The summed E-state index contributed by atoms with van der Waals surface area (Å²) in [5, 5.41) is 12.2. The van der Waals surface area contributed by atoms with Gasteiger partial charge in [-0.2, -0.15) is 0 Å². The van der Waals surface area contributed by atoms with E-state index < -0.39 is 29.5 Å². The fourth-order valence-corrected chi connectivity index (χ4v) is 3.00.